The van der Waals surface area contributed by atoms with Crippen LogP contribution in [-0.2, 0) is 9.59 Å². The predicted molar refractivity (Wildman–Crippen MR) is 79.4 cm³/mol. The molecule has 0 amide bonds. The summed E-state index contributed by atoms with van der Waals surface area (Å²) < 4.78 is 0. The van der Waals surface area contributed by atoms with E-state index in [1.807, 2.05) is 18.2 Å². The monoisotopic (exact) mass is 274 g/mol. The summed E-state index contributed by atoms with van der Waals surface area (Å²) in [5.74, 6) is 0.273. The minimum Gasteiger partial charge on any atom is -0.299 e. The number of carbonyl (C=O) groups is 2. The maximum atomic E-state index is 11.8. The second kappa shape index (κ2) is 6.20. The number of rotatable bonds is 3. The molecule has 1 aliphatic carbocycles. The van der Waals surface area contributed by atoms with E-state index in [-0.39, 0.29) is 36.2 Å². The minimum atomic E-state index is -0.0274. The summed E-state index contributed by atoms with van der Waals surface area (Å²) in [4.78, 5) is 24.2. The van der Waals surface area contributed by atoms with E-state index >= 15 is 0 Å². The quantitative estimate of drug-likeness (QED) is 0.481. The smallest absolute Gasteiger partial charge is 0.145 e. The summed E-state index contributed by atoms with van der Waals surface area (Å²) in [6.45, 7) is 2.11. The molecule has 2 nitrogen and oxygen atoms in total. The molecule has 0 radical (unpaired) electrons. The van der Waals surface area contributed by atoms with Crippen LogP contribution in [0.25, 0.3) is 0 Å². The molecule has 2 unspecified atom stereocenters. The zero-order valence-corrected chi connectivity index (χ0v) is 11.9. The molecule has 1 aromatic carbocycles. The van der Waals surface area contributed by atoms with Crippen LogP contribution < -0.4 is 0 Å². The van der Waals surface area contributed by atoms with Gasteiger partial charge in [-0.1, -0.05) is 49.5 Å². The highest BCUT2D eigenvalue weighted by Gasteiger charge is 2.32. The molecule has 0 N–H and O–H groups in total. The Bertz CT molecular complexity index is 493. The van der Waals surface area contributed by atoms with Gasteiger partial charge in [0.25, 0.3) is 0 Å². The van der Waals surface area contributed by atoms with Crippen molar-refractivity contribution < 1.29 is 9.59 Å². The normalized spacial score (nSPS) is 22.2. The molecule has 1 fully saturated rings. The van der Waals surface area contributed by atoms with Crippen LogP contribution in [-0.4, -0.2) is 16.4 Å². The molecule has 0 aliphatic heterocycles. The largest absolute Gasteiger partial charge is 0.299 e. The highest BCUT2D eigenvalue weighted by Crippen LogP contribution is 2.34. The Balaban J connectivity index is 2.28. The molecule has 0 heterocycles. The lowest BCUT2D eigenvalue weighted by atomic mass is 9.79. The Kier molecular flexibility index (Phi) is 4.59. The van der Waals surface area contributed by atoms with Crippen LogP contribution in [0.3, 0.4) is 0 Å². The fourth-order valence-electron chi connectivity index (χ4n) is 2.86. The first-order chi connectivity index (χ1) is 9.11. The fourth-order valence-corrected chi connectivity index (χ4v) is 3.27. The molecule has 1 aromatic rings. The van der Waals surface area contributed by atoms with Crippen LogP contribution in [0.15, 0.2) is 30.3 Å². The predicted octanol–water partition coefficient (Wildman–Crippen LogP) is 3.49. The molecule has 100 valence electrons. The van der Waals surface area contributed by atoms with Gasteiger partial charge in [-0.3, -0.25) is 9.59 Å². The van der Waals surface area contributed by atoms with Crippen LogP contribution in [0.4, 0.5) is 0 Å². The molecule has 0 aromatic heterocycles. The lowest BCUT2D eigenvalue weighted by Gasteiger charge is -2.25. The topological polar surface area (TPSA) is 34.1 Å². The van der Waals surface area contributed by atoms with Gasteiger partial charge in [-0.15, -0.1) is 0 Å². The van der Waals surface area contributed by atoms with E-state index in [1.54, 1.807) is 0 Å². The first kappa shape index (κ1) is 14.1. The van der Waals surface area contributed by atoms with Gasteiger partial charge in [0.1, 0.15) is 11.6 Å². The maximum Gasteiger partial charge on any atom is 0.145 e. The minimum absolute atomic E-state index is 0.0274. The van der Waals surface area contributed by atoms with Crippen molar-refractivity contribution in [2.75, 3.05) is 0 Å². The zero-order valence-electron chi connectivity index (χ0n) is 11.1. The van der Waals surface area contributed by atoms with Gasteiger partial charge in [0.05, 0.1) is 6.42 Å². The Morgan fingerprint density at radius 1 is 1.16 bits per heavy atom. The SMILES string of the molecule is CCC(c1ccccc1)C1CC(=O)CC(=O)CC1=S. The molecular formula is C16H18O2S. The fraction of sp³-hybridized carbons (Fsp3) is 0.438. The Morgan fingerprint density at radius 3 is 2.47 bits per heavy atom. The molecule has 1 saturated carbocycles. The number of carbonyl (C=O) groups excluding carboxylic acids is 2. The van der Waals surface area contributed by atoms with Crippen molar-refractivity contribution >= 4 is 28.6 Å². The number of ketones is 2. The molecule has 2 rings (SSSR count). The lowest BCUT2D eigenvalue weighted by Crippen LogP contribution is -2.22. The second-order valence-electron chi connectivity index (χ2n) is 5.13. The van der Waals surface area contributed by atoms with E-state index in [1.165, 1.54) is 5.56 Å². The van der Waals surface area contributed by atoms with Crippen molar-refractivity contribution in [2.45, 2.75) is 38.5 Å². The van der Waals surface area contributed by atoms with Gasteiger partial charge in [0.2, 0.25) is 0 Å². The van der Waals surface area contributed by atoms with Gasteiger partial charge >= 0.3 is 0 Å². The Morgan fingerprint density at radius 2 is 1.84 bits per heavy atom. The van der Waals surface area contributed by atoms with E-state index in [0.717, 1.165) is 11.3 Å². The van der Waals surface area contributed by atoms with Gasteiger partial charge in [-0.25, -0.2) is 0 Å². The van der Waals surface area contributed by atoms with Gasteiger partial charge in [0, 0.05) is 23.6 Å². The van der Waals surface area contributed by atoms with E-state index < -0.39 is 0 Å². The van der Waals surface area contributed by atoms with E-state index in [4.69, 9.17) is 12.2 Å². The van der Waals surface area contributed by atoms with Gasteiger partial charge < -0.3 is 0 Å². The summed E-state index contributed by atoms with van der Waals surface area (Å²) in [6.07, 6.45) is 1.69. The first-order valence-electron chi connectivity index (χ1n) is 6.73. The molecule has 0 saturated heterocycles. The third-order valence-corrected chi connectivity index (χ3v) is 4.23. The second-order valence-corrected chi connectivity index (χ2v) is 5.66. The maximum absolute atomic E-state index is 11.8. The highest BCUT2D eigenvalue weighted by atomic mass is 32.1. The summed E-state index contributed by atoms with van der Waals surface area (Å²) in [6, 6.07) is 10.1. The molecule has 3 heteroatoms. The van der Waals surface area contributed by atoms with E-state index in [9.17, 15) is 9.59 Å². The van der Waals surface area contributed by atoms with Crippen LogP contribution in [0, 0.1) is 5.92 Å². The van der Waals surface area contributed by atoms with Crippen molar-refractivity contribution in [3.8, 4) is 0 Å². The third kappa shape index (κ3) is 3.35. The van der Waals surface area contributed by atoms with E-state index in [2.05, 4.69) is 19.1 Å². The van der Waals surface area contributed by atoms with Crippen molar-refractivity contribution in [3.63, 3.8) is 0 Å². The van der Waals surface area contributed by atoms with E-state index in [0.29, 0.717) is 6.42 Å². The highest BCUT2D eigenvalue weighted by molar-refractivity contribution is 7.80. The molecule has 2 atom stereocenters. The van der Waals surface area contributed by atoms with Gasteiger partial charge in [0.15, 0.2) is 0 Å². The first-order valence-corrected chi connectivity index (χ1v) is 7.13. The van der Waals surface area contributed by atoms with Crippen molar-refractivity contribution in [1.29, 1.82) is 0 Å². The summed E-state index contributed by atoms with van der Waals surface area (Å²) >= 11 is 5.41. The standard InChI is InChI=1S/C16H18O2S/c1-2-14(11-6-4-3-5-7-11)15-9-12(17)8-13(18)10-16(15)19/h3-7,14-15H,2,8-10H2,1H3. The summed E-state index contributed by atoms with van der Waals surface area (Å²) in [7, 11) is 0. The molecule has 1 aliphatic rings. The number of hydrogen-bond acceptors (Lipinski definition) is 3. The van der Waals surface area contributed by atoms with Crippen LogP contribution in [0.1, 0.15) is 44.1 Å². The number of hydrogen-bond donors (Lipinski definition) is 0. The Hall–Kier alpha value is -1.35. The summed E-state index contributed by atoms with van der Waals surface area (Å²) in [5, 5.41) is 0. The third-order valence-electron chi connectivity index (χ3n) is 3.78. The van der Waals surface area contributed by atoms with Crippen molar-refractivity contribution in [1.82, 2.24) is 0 Å². The van der Waals surface area contributed by atoms with Crippen LogP contribution in [0.5, 0.6) is 0 Å². The number of thiocarbonyl (C=S) groups is 1. The van der Waals surface area contributed by atoms with Crippen molar-refractivity contribution in [3.05, 3.63) is 35.9 Å². The lowest BCUT2D eigenvalue weighted by molar-refractivity contribution is -0.126. The molecule has 0 bridgehead atoms. The van der Waals surface area contributed by atoms with Gasteiger partial charge in [-0.05, 0) is 17.9 Å². The average molecular weight is 274 g/mol. The van der Waals surface area contributed by atoms with Gasteiger partial charge in [-0.2, -0.15) is 0 Å². The Labute approximate surface area is 119 Å². The zero-order chi connectivity index (χ0) is 13.8. The van der Waals surface area contributed by atoms with Crippen LogP contribution >= 0.6 is 12.2 Å². The number of Topliss-reactive ketones (excluding diaryl/α,β-unsaturated/α-hetero) is 2. The average Bonchev–Trinajstić information content (AvgIpc) is 2.50. The van der Waals surface area contributed by atoms with Crippen LogP contribution in [0.2, 0.25) is 0 Å². The molecular weight excluding hydrogens is 256 g/mol. The van der Waals surface area contributed by atoms with Crippen molar-refractivity contribution in [2.24, 2.45) is 5.92 Å². The molecule has 0 spiro atoms. The number of benzene rings is 1. The molecule has 19 heavy (non-hydrogen) atoms. The summed E-state index contributed by atoms with van der Waals surface area (Å²) in [5.41, 5.74) is 1.21.